The summed E-state index contributed by atoms with van der Waals surface area (Å²) < 4.78 is 26.9. The first-order chi connectivity index (χ1) is 10.2. The highest BCUT2D eigenvalue weighted by Gasteiger charge is 2.21. The van der Waals surface area contributed by atoms with Crippen LogP contribution >= 0.6 is 11.6 Å². The first kappa shape index (κ1) is 16.2. The van der Waals surface area contributed by atoms with Crippen LogP contribution in [-0.4, -0.2) is 18.3 Å². The Morgan fingerprint density at radius 1 is 1.27 bits per heavy atom. The number of nitrogens with zero attached hydrogens (tertiary/aromatic N) is 2. The maximum Gasteiger partial charge on any atom is 0.273 e. The quantitative estimate of drug-likeness (QED) is 0.523. The molecule has 7 nitrogen and oxygen atoms in total. The number of anilines is 1. The Bertz CT molecular complexity index is 852. The van der Waals surface area contributed by atoms with E-state index in [9.17, 15) is 18.5 Å². The Balaban J connectivity index is 2.45. The van der Waals surface area contributed by atoms with E-state index >= 15 is 0 Å². The maximum absolute atomic E-state index is 12.3. The van der Waals surface area contributed by atoms with Crippen LogP contribution in [0.3, 0.4) is 0 Å². The molecule has 1 aromatic carbocycles. The summed E-state index contributed by atoms with van der Waals surface area (Å²) in [5.41, 5.74) is 0.942. The number of halogens is 1. The van der Waals surface area contributed by atoms with Crippen molar-refractivity contribution in [2.75, 3.05) is 4.72 Å². The molecule has 0 spiro atoms. The van der Waals surface area contributed by atoms with Gasteiger partial charge in [-0.05, 0) is 31.5 Å². The summed E-state index contributed by atoms with van der Waals surface area (Å²) >= 11 is 5.85. The van der Waals surface area contributed by atoms with Crippen molar-refractivity contribution in [1.29, 1.82) is 0 Å². The Labute approximate surface area is 132 Å². The SMILES string of the molecule is Cc1cnc(Cl)c(NS(=O)(=O)c2ccc(C)c([N+](=O)[O-])c2)c1. The molecule has 1 aromatic heterocycles. The average molecular weight is 342 g/mol. The molecule has 0 aliphatic heterocycles. The number of benzene rings is 1. The first-order valence-electron chi connectivity index (χ1n) is 6.11. The molecule has 116 valence electrons. The van der Waals surface area contributed by atoms with E-state index < -0.39 is 14.9 Å². The molecule has 0 radical (unpaired) electrons. The minimum absolute atomic E-state index is 0.00390. The van der Waals surface area contributed by atoms with Gasteiger partial charge in [-0.25, -0.2) is 13.4 Å². The predicted molar refractivity (Wildman–Crippen MR) is 82.6 cm³/mol. The fourth-order valence-corrected chi connectivity index (χ4v) is 3.06. The normalized spacial score (nSPS) is 11.2. The minimum Gasteiger partial charge on any atom is -0.276 e. The van der Waals surface area contributed by atoms with E-state index in [-0.39, 0.29) is 21.4 Å². The van der Waals surface area contributed by atoms with Gasteiger partial charge >= 0.3 is 0 Å². The number of rotatable bonds is 4. The summed E-state index contributed by atoms with van der Waals surface area (Å²) in [6.45, 7) is 3.27. The molecule has 0 unspecified atom stereocenters. The van der Waals surface area contributed by atoms with Gasteiger partial charge in [0.2, 0.25) is 0 Å². The zero-order chi connectivity index (χ0) is 16.5. The van der Waals surface area contributed by atoms with Crippen LogP contribution in [0, 0.1) is 24.0 Å². The van der Waals surface area contributed by atoms with Crippen LogP contribution in [-0.2, 0) is 10.0 Å². The number of hydrogen-bond acceptors (Lipinski definition) is 5. The van der Waals surface area contributed by atoms with Crippen molar-refractivity contribution in [2.24, 2.45) is 0 Å². The molecule has 0 aliphatic carbocycles. The number of nitro benzene ring substituents is 1. The second-order valence-corrected chi connectivity index (χ2v) is 6.70. The van der Waals surface area contributed by atoms with Crippen molar-refractivity contribution in [3.63, 3.8) is 0 Å². The lowest BCUT2D eigenvalue weighted by Crippen LogP contribution is -2.14. The van der Waals surface area contributed by atoms with E-state index in [1.54, 1.807) is 6.92 Å². The van der Waals surface area contributed by atoms with Crippen molar-refractivity contribution in [3.05, 3.63) is 56.9 Å². The highest BCUT2D eigenvalue weighted by Crippen LogP contribution is 2.26. The Morgan fingerprint density at radius 2 is 1.95 bits per heavy atom. The molecule has 1 heterocycles. The Kier molecular flexibility index (Phi) is 4.34. The molecule has 0 fully saturated rings. The van der Waals surface area contributed by atoms with Gasteiger partial charge in [-0.15, -0.1) is 0 Å². The number of sulfonamides is 1. The fourth-order valence-electron chi connectivity index (χ4n) is 1.78. The van der Waals surface area contributed by atoms with E-state index in [0.717, 1.165) is 11.6 Å². The molecule has 2 aromatic rings. The molecule has 1 N–H and O–H groups in total. The van der Waals surface area contributed by atoms with Crippen molar-refractivity contribution < 1.29 is 13.3 Å². The molecule has 9 heteroatoms. The molecule has 2 rings (SSSR count). The Hall–Kier alpha value is -2.19. The summed E-state index contributed by atoms with van der Waals surface area (Å²) in [5, 5.41) is 10.9. The van der Waals surface area contributed by atoms with E-state index in [4.69, 9.17) is 11.6 Å². The monoisotopic (exact) mass is 341 g/mol. The molecule has 0 amide bonds. The van der Waals surface area contributed by atoms with Crippen LogP contribution in [0.25, 0.3) is 0 Å². The van der Waals surface area contributed by atoms with Gasteiger partial charge in [-0.2, -0.15) is 0 Å². The Morgan fingerprint density at radius 3 is 2.59 bits per heavy atom. The summed E-state index contributed by atoms with van der Waals surface area (Å²) in [7, 11) is -4.00. The second kappa shape index (κ2) is 5.90. The topological polar surface area (TPSA) is 102 Å². The van der Waals surface area contributed by atoms with E-state index in [1.807, 2.05) is 0 Å². The van der Waals surface area contributed by atoms with Crippen molar-refractivity contribution >= 4 is 33.0 Å². The van der Waals surface area contributed by atoms with Gasteiger partial charge in [0.15, 0.2) is 5.15 Å². The zero-order valence-corrected chi connectivity index (χ0v) is 13.3. The van der Waals surface area contributed by atoms with Crippen molar-refractivity contribution in [3.8, 4) is 0 Å². The number of aryl methyl sites for hydroxylation is 2. The van der Waals surface area contributed by atoms with Crippen LogP contribution < -0.4 is 4.72 Å². The lowest BCUT2D eigenvalue weighted by molar-refractivity contribution is -0.385. The highest BCUT2D eigenvalue weighted by atomic mass is 35.5. The fraction of sp³-hybridized carbons (Fsp3) is 0.154. The molecule has 0 saturated heterocycles. The molecule has 0 atom stereocenters. The van der Waals surface area contributed by atoms with E-state index in [1.165, 1.54) is 31.3 Å². The van der Waals surface area contributed by atoms with Gasteiger partial charge in [-0.1, -0.05) is 17.7 Å². The van der Waals surface area contributed by atoms with Crippen LogP contribution in [0.15, 0.2) is 35.4 Å². The van der Waals surface area contributed by atoms with Gasteiger partial charge in [-0.3, -0.25) is 14.8 Å². The van der Waals surface area contributed by atoms with Gasteiger partial charge in [0.1, 0.15) is 0 Å². The van der Waals surface area contributed by atoms with Crippen LogP contribution in [0.1, 0.15) is 11.1 Å². The minimum atomic E-state index is -4.00. The zero-order valence-electron chi connectivity index (χ0n) is 11.7. The summed E-state index contributed by atoms with van der Waals surface area (Å²) in [6.07, 6.45) is 1.50. The van der Waals surface area contributed by atoms with Crippen LogP contribution in [0.5, 0.6) is 0 Å². The number of hydrogen-bond donors (Lipinski definition) is 1. The van der Waals surface area contributed by atoms with E-state index in [2.05, 4.69) is 9.71 Å². The summed E-state index contributed by atoms with van der Waals surface area (Å²) in [4.78, 5) is 13.9. The third kappa shape index (κ3) is 3.34. The third-order valence-electron chi connectivity index (χ3n) is 2.91. The van der Waals surface area contributed by atoms with Gasteiger partial charge in [0, 0.05) is 17.8 Å². The lowest BCUT2D eigenvalue weighted by Gasteiger charge is -2.10. The average Bonchev–Trinajstić information content (AvgIpc) is 2.42. The molecular weight excluding hydrogens is 330 g/mol. The molecule has 0 saturated carbocycles. The van der Waals surface area contributed by atoms with Crippen molar-refractivity contribution in [1.82, 2.24) is 4.98 Å². The van der Waals surface area contributed by atoms with Crippen molar-refractivity contribution in [2.45, 2.75) is 18.7 Å². The first-order valence-corrected chi connectivity index (χ1v) is 7.97. The molecule has 0 bridgehead atoms. The highest BCUT2D eigenvalue weighted by molar-refractivity contribution is 7.92. The smallest absolute Gasteiger partial charge is 0.273 e. The number of nitro groups is 1. The van der Waals surface area contributed by atoms with Crippen LogP contribution in [0.4, 0.5) is 11.4 Å². The number of aromatic nitrogens is 1. The third-order valence-corrected chi connectivity index (χ3v) is 4.57. The number of nitrogens with one attached hydrogen (secondary N) is 1. The van der Waals surface area contributed by atoms with Gasteiger partial charge < -0.3 is 0 Å². The molecular formula is C13H12ClN3O4S. The summed E-state index contributed by atoms with van der Waals surface area (Å²) in [6, 6.07) is 5.20. The maximum atomic E-state index is 12.3. The molecule has 0 aliphatic rings. The van der Waals surface area contributed by atoms with E-state index in [0.29, 0.717) is 5.56 Å². The lowest BCUT2D eigenvalue weighted by atomic mass is 10.2. The largest absolute Gasteiger partial charge is 0.276 e. The number of pyridine rings is 1. The summed E-state index contributed by atoms with van der Waals surface area (Å²) in [5.74, 6) is 0. The van der Waals surface area contributed by atoms with Crippen LogP contribution in [0.2, 0.25) is 5.15 Å². The van der Waals surface area contributed by atoms with Gasteiger partial charge in [0.05, 0.1) is 15.5 Å². The second-order valence-electron chi connectivity index (χ2n) is 4.66. The van der Waals surface area contributed by atoms with Gasteiger partial charge in [0.25, 0.3) is 15.7 Å². The predicted octanol–water partition coefficient (Wildman–Crippen LogP) is 3.06. The standard InChI is InChI=1S/C13H12ClN3O4S/c1-8-5-11(13(14)15-7-8)16-22(20,21)10-4-3-9(2)12(6-10)17(18)19/h3-7,16H,1-2H3. The molecule has 22 heavy (non-hydrogen) atoms.